The van der Waals surface area contributed by atoms with E-state index in [4.69, 9.17) is 5.10 Å². The second-order valence-corrected chi connectivity index (χ2v) is 13.8. The summed E-state index contributed by atoms with van der Waals surface area (Å²) >= 11 is 0. The number of hydrogen-bond donors (Lipinski definition) is 2. The van der Waals surface area contributed by atoms with Crippen molar-refractivity contribution in [2.24, 2.45) is 11.8 Å². The van der Waals surface area contributed by atoms with Gasteiger partial charge in [-0.1, -0.05) is 79.9 Å². The van der Waals surface area contributed by atoms with Crippen LogP contribution < -0.4 is 5.32 Å². The van der Waals surface area contributed by atoms with E-state index in [-0.39, 0.29) is 12.0 Å². The molecule has 236 valence electrons. The molecular weight excluding hydrogens is 544 g/mol. The number of aryl methyl sites for hydroxylation is 3. The zero-order valence-electron chi connectivity index (χ0n) is 26.6. The van der Waals surface area contributed by atoms with Gasteiger partial charge < -0.3 is 15.3 Å². The molecule has 6 rings (SSSR count). The maximum Gasteiger partial charge on any atom is 0.320 e. The number of carboxylic acid groups (broad SMARTS) is 1. The smallest absolute Gasteiger partial charge is 0.320 e. The van der Waals surface area contributed by atoms with Crippen molar-refractivity contribution in [3.05, 3.63) is 89.2 Å². The van der Waals surface area contributed by atoms with E-state index in [0.29, 0.717) is 17.8 Å². The first-order valence-electron chi connectivity index (χ1n) is 17.4. The highest BCUT2D eigenvalue weighted by molar-refractivity contribution is 5.74. The summed E-state index contributed by atoms with van der Waals surface area (Å²) in [6.07, 6.45) is 14.3. The highest BCUT2D eigenvalue weighted by atomic mass is 16.4. The van der Waals surface area contributed by atoms with E-state index in [1.54, 1.807) is 0 Å². The van der Waals surface area contributed by atoms with Crippen molar-refractivity contribution in [1.82, 2.24) is 20.0 Å². The van der Waals surface area contributed by atoms with Crippen LogP contribution in [0.5, 0.6) is 0 Å². The number of piperidine rings is 1. The first-order valence-corrected chi connectivity index (χ1v) is 17.4. The summed E-state index contributed by atoms with van der Waals surface area (Å²) in [4.78, 5) is 15.1. The van der Waals surface area contributed by atoms with Crippen molar-refractivity contribution >= 4 is 5.97 Å². The van der Waals surface area contributed by atoms with Gasteiger partial charge in [-0.05, 0) is 106 Å². The number of rotatable bonds is 12. The van der Waals surface area contributed by atoms with Gasteiger partial charge in [-0.3, -0.25) is 9.48 Å². The van der Waals surface area contributed by atoms with E-state index >= 15 is 0 Å². The fourth-order valence-electron chi connectivity index (χ4n) is 8.70. The number of nitrogens with zero attached hydrogens (tertiary/aromatic N) is 3. The molecule has 1 aromatic heterocycles. The summed E-state index contributed by atoms with van der Waals surface area (Å²) in [5.74, 6) is 1.18. The van der Waals surface area contributed by atoms with Crippen LogP contribution in [0.4, 0.5) is 0 Å². The minimum Gasteiger partial charge on any atom is -0.480 e. The molecule has 44 heavy (non-hydrogen) atoms. The SMILES string of the molecule is CCn1ncc(CCc2ccccc2)c1C1CCN(C[C@H]2CC(NC(C(=O)O)C3CCCCC3)C[C@@H]2c2ccccc2)CC1. The van der Waals surface area contributed by atoms with Gasteiger partial charge in [-0.15, -0.1) is 0 Å². The Kier molecular flexibility index (Phi) is 10.5. The molecule has 2 heterocycles. The van der Waals surface area contributed by atoms with E-state index in [1.807, 2.05) is 0 Å². The molecule has 2 aliphatic carbocycles. The van der Waals surface area contributed by atoms with Gasteiger partial charge in [0, 0.05) is 30.7 Å². The van der Waals surface area contributed by atoms with Crippen LogP contribution in [0.3, 0.4) is 0 Å². The summed E-state index contributed by atoms with van der Waals surface area (Å²) in [6.45, 7) is 6.47. The maximum atomic E-state index is 12.4. The van der Waals surface area contributed by atoms with Crippen molar-refractivity contribution in [2.45, 2.75) is 108 Å². The molecule has 0 amide bonds. The van der Waals surface area contributed by atoms with E-state index in [2.05, 4.69) is 88.7 Å². The molecule has 6 nitrogen and oxygen atoms in total. The molecule has 3 aliphatic rings. The summed E-state index contributed by atoms with van der Waals surface area (Å²) in [7, 11) is 0. The van der Waals surface area contributed by atoms with Crippen LogP contribution >= 0.6 is 0 Å². The molecule has 2 N–H and O–H groups in total. The van der Waals surface area contributed by atoms with Crippen LogP contribution in [0, 0.1) is 11.8 Å². The molecule has 2 aromatic carbocycles. The number of likely N-dealkylation sites (tertiary alicyclic amines) is 1. The van der Waals surface area contributed by atoms with Crippen molar-refractivity contribution < 1.29 is 9.90 Å². The van der Waals surface area contributed by atoms with Crippen LogP contribution in [-0.4, -0.2) is 57.5 Å². The van der Waals surface area contributed by atoms with Crippen LogP contribution in [0.1, 0.15) is 98.9 Å². The Labute approximate surface area is 264 Å². The van der Waals surface area contributed by atoms with Gasteiger partial charge in [0.05, 0.1) is 6.20 Å². The molecule has 2 unspecified atom stereocenters. The number of hydrogen-bond acceptors (Lipinski definition) is 4. The summed E-state index contributed by atoms with van der Waals surface area (Å²) in [5, 5.41) is 18.7. The molecule has 2 saturated carbocycles. The molecule has 1 aliphatic heterocycles. The average molecular weight is 597 g/mol. The second-order valence-electron chi connectivity index (χ2n) is 13.8. The molecule has 4 atom stereocenters. The number of carboxylic acids is 1. The Morgan fingerprint density at radius 3 is 2.32 bits per heavy atom. The predicted molar refractivity (Wildman–Crippen MR) is 177 cm³/mol. The van der Waals surface area contributed by atoms with Gasteiger partial charge in [0.1, 0.15) is 6.04 Å². The van der Waals surface area contributed by atoms with Gasteiger partial charge in [-0.25, -0.2) is 0 Å². The van der Waals surface area contributed by atoms with E-state index < -0.39 is 12.0 Å². The Hall–Kier alpha value is -2.96. The molecule has 1 saturated heterocycles. The molecule has 0 bridgehead atoms. The minimum absolute atomic E-state index is 0.261. The molecule has 0 spiro atoms. The molecule has 3 fully saturated rings. The van der Waals surface area contributed by atoms with Gasteiger partial charge >= 0.3 is 5.97 Å². The third kappa shape index (κ3) is 7.46. The lowest BCUT2D eigenvalue weighted by atomic mass is 9.83. The fraction of sp³-hybridized carbons (Fsp3) is 0.579. The maximum absolute atomic E-state index is 12.4. The number of benzene rings is 2. The van der Waals surface area contributed by atoms with E-state index in [1.165, 1.54) is 54.5 Å². The van der Waals surface area contributed by atoms with Crippen LogP contribution in [0.2, 0.25) is 0 Å². The van der Waals surface area contributed by atoms with Gasteiger partial charge in [0.15, 0.2) is 0 Å². The Balaban J connectivity index is 1.09. The first-order chi connectivity index (χ1) is 21.6. The fourth-order valence-corrected chi connectivity index (χ4v) is 8.70. The zero-order chi connectivity index (χ0) is 30.3. The van der Waals surface area contributed by atoms with Gasteiger partial charge in [0.2, 0.25) is 0 Å². The van der Waals surface area contributed by atoms with E-state index in [9.17, 15) is 9.90 Å². The van der Waals surface area contributed by atoms with Crippen molar-refractivity contribution in [1.29, 1.82) is 0 Å². The quantitative estimate of drug-likeness (QED) is 0.234. The second kappa shape index (κ2) is 14.9. The van der Waals surface area contributed by atoms with Gasteiger partial charge in [0.25, 0.3) is 0 Å². The highest BCUT2D eigenvalue weighted by Crippen LogP contribution is 2.42. The monoisotopic (exact) mass is 596 g/mol. The number of aromatic nitrogens is 2. The average Bonchev–Trinajstić information content (AvgIpc) is 3.67. The highest BCUT2D eigenvalue weighted by Gasteiger charge is 2.40. The Bertz CT molecular complexity index is 1310. The van der Waals surface area contributed by atoms with Gasteiger partial charge in [-0.2, -0.15) is 5.10 Å². The normalized spacial score (nSPS) is 24.4. The first kappa shape index (κ1) is 31.0. The number of nitrogens with one attached hydrogen (secondary N) is 1. The summed E-state index contributed by atoms with van der Waals surface area (Å²) < 4.78 is 2.25. The van der Waals surface area contributed by atoms with Crippen LogP contribution in [0.15, 0.2) is 66.9 Å². The number of carbonyl (C=O) groups is 1. The van der Waals surface area contributed by atoms with Crippen molar-refractivity contribution in [2.75, 3.05) is 19.6 Å². The molecule has 0 radical (unpaired) electrons. The predicted octanol–water partition coefficient (Wildman–Crippen LogP) is 7.05. The summed E-state index contributed by atoms with van der Waals surface area (Å²) in [5.41, 5.74) is 5.70. The number of aliphatic carboxylic acids is 1. The Morgan fingerprint density at radius 1 is 0.932 bits per heavy atom. The molecule has 3 aromatic rings. The van der Waals surface area contributed by atoms with E-state index in [0.717, 1.165) is 64.7 Å². The van der Waals surface area contributed by atoms with Crippen molar-refractivity contribution in [3.8, 4) is 0 Å². The lowest BCUT2D eigenvalue weighted by Gasteiger charge is -2.35. The molecule has 6 heteroatoms. The zero-order valence-corrected chi connectivity index (χ0v) is 26.6. The topological polar surface area (TPSA) is 70.4 Å². The Morgan fingerprint density at radius 2 is 1.64 bits per heavy atom. The molecular formula is C38H52N4O2. The minimum atomic E-state index is -0.659. The lowest BCUT2D eigenvalue weighted by molar-refractivity contribution is -0.141. The largest absolute Gasteiger partial charge is 0.480 e. The lowest BCUT2D eigenvalue weighted by Crippen LogP contribution is -2.48. The third-order valence-electron chi connectivity index (χ3n) is 11.0. The standard InChI is InChI=1S/C38H52N4O2/c1-2-42-37(32(26-39-42)19-18-28-12-6-3-7-13-28)31-20-22-41(23-21-31)27-33-24-34(25-35(33)29-14-8-4-9-15-29)40-36(38(43)44)30-16-10-5-11-17-30/h3-4,6-9,12-15,26,30-31,33-36,40H,2,5,10-11,16-25,27H2,1H3,(H,43,44)/t33-,34?,35-,36?/m1/s1. The summed E-state index contributed by atoms with van der Waals surface area (Å²) in [6, 6.07) is 21.6. The van der Waals surface area contributed by atoms with Crippen LogP contribution in [0.25, 0.3) is 0 Å². The van der Waals surface area contributed by atoms with Crippen LogP contribution in [-0.2, 0) is 24.2 Å². The third-order valence-corrected chi connectivity index (χ3v) is 11.0. The van der Waals surface area contributed by atoms with Crippen molar-refractivity contribution in [3.63, 3.8) is 0 Å².